The number of amides is 1. The Morgan fingerprint density at radius 3 is 2.42 bits per heavy atom. The lowest BCUT2D eigenvalue weighted by Gasteiger charge is -2.10. The number of hydrogen-bond acceptors (Lipinski definition) is 6. The molecule has 174 valence electrons. The molecule has 0 atom stereocenters. The molecule has 0 radical (unpaired) electrons. The Labute approximate surface area is 199 Å². The van der Waals surface area contributed by atoms with Crippen molar-refractivity contribution in [3.63, 3.8) is 0 Å². The van der Waals surface area contributed by atoms with Crippen molar-refractivity contribution in [1.82, 2.24) is 0 Å². The van der Waals surface area contributed by atoms with Gasteiger partial charge in [-0.25, -0.2) is 0 Å². The second-order valence-corrected chi connectivity index (χ2v) is 7.01. The quantitative estimate of drug-likeness (QED) is 0.202. The van der Waals surface area contributed by atoms with Crippen molar-refractivity contribution >= 4 is 53.2 Å². The number of aliphatic imine (C=N–C) groups is 1. The molecule has 0 aliphatic carbocycles. The molecule has 0 saturated carbocycles. The number of allylic oxidation sites excluding steroid dienone is 1. The van der Waals surface area contributed by atoms with Crippen molar-refractivity contribution in [1.29, 1.82) is 16.2 Å². The molecule has 0 aliphatic heterocycles. The number of unbranched alkanes of at least 4 members (excludes halogenated alkanes) is 1. The van der Waals surface area contributed by atoms with Gasteiger partial charge in [0.05, 0.1) is 16.3 Å². The smallest absolute Gasteiger partial charge is 0.294 e. The van der Waals surface area contributed by atoms with Crippen molar-refractivity contribution in [2.75, 3.05) is 5.32 Å². The monoisotopic (exact) mass is 468 g/mol. The van der Waals surface area contributed by atoms with E-state index in [-0.39, 0.29) is 22.5 Å². The maximum Gasteiger partial charge on any atom is 0.294 e. The van der Waals surface area contributed by atoms with Crippen LogP contribution in [0.3, 0.4) is 0 Å². The highest BCUT2D eigenvalue weighted by Gasteiger charge is 2.11. The molecule has 0 bridgehead atoms. The molecule has 6 N–H and O–H groups in total. The van der Waals surface area contributed by atoms with E-state index in [1.165, 1.54) is 25.0 Å². The van der Waals surface area contributed by atoms with E-state index < -0.39 is 5.91 Å². The van der Waals surface area contributed by atoms with Gasteiger partial charge >= 0.3 is 0 Å². The number of nitrogens with one attached hydrogen (secondary N) is 4. The number of halogens is 1. The Kier molecular flexibility index (Phi) is 11.8. The van der Waals surface area contributed by atoms with Crippen LogP contribution >= 0.6 is 11.6 Å². The van der Waals surface area contributed by atoms with Gasteiger partial charge in [0.2, 0.25) is 5.90 Å². The third-order valence-corrected chi connectivity index (χ3v) is 4.62. The molecule has 0 spiro atoms. The molecule has 0 heterocycles. The average molecular weight is 469 g/mol. The van der Waals surface area contributed by atoms with Gasteiger partial charge in [-0.3, -0.25) is 10.2 Å². The molecule has 33 heavy (non-hydrogen) atoms. The summed E-state index contributed by atoms with van der Waals surface area (Å²) < 4.78 is 5.25. The number of amidine groups is 1. The van der Waals surface area contributed by atoms with Crippen LogP contribution in [0.5, 0.6) is 0 Å². The minimum atomic E-state index is -0.436. The van der Waals surface area contributed by atoms with Gasteiger partial charge in [-0.05, 0) is 31.2 Å². The van der Waals surface area contributed by atoms with Crippen LogP contribution in [0, 0.1) is 16.2 Å². The van der Waals surface area contributed by atoms with Gasteiger partial charge in [0.15, 0.2) is 0 Å². The topological polar surface area (TPSA) is 148 Å². The molecule has 2 rings (SSSR count). The van der Waals surface area contributed by atoms with Crippen LogP contribution in [0.25, 0.3) is 0 Å². The molecule has 1 amide bonds. The largest absolute Gasteiger partial charge is 0.407 e. The highest BCUT2D eigenvalue weighted by molar-refractivity contribution is 6.35. The second-order valence-electron chi connectivity index (χ2n) is 6.63. The van der Waals surface area contributed by atoms with Crippen LogP contribution in [0.4, 0.5) is 11.4 Å². The number of carbonyl (C=O) groups excluding carboxylic acids is 1. The minimum absolute atomic E-state index is 0.210. The first-order valence-corrected chi connectivity index (χ1v) is 10.7. The van der Waals surface area contributed by atoms with Gasteiger partial charge in [0.1, 0.15) is 0 Å². The molecular formula is C24H29ClN6O2. The predicted molar refractivity (Wildman–Crippen MR) is 137 cm³/mol. The first kappa shape index (κ1) is 27.3. The summed E-state index contributed by atoms with van der Waals surface area (Å²) in [4.78, 5) is 16.1. The zero-order chi connectivity index (χ0) is 24.8. The second kappa shape index (κ2) is 14.3. The van der Waals surface area contributed by atoms with Crippen molar-refractivity contribution in [3.8, 4) is 0 Å². The molecule has 2 aromatic carbocycles. The van der Waals surface area contributed by atoms with Gasteiger partial charge < -0.3 is 26.6 Å². The molecular weight excluding hydrogens is 440 g/mol. The lowest BCUT2D eigenvalue weighted by molar-refractivity contribution is -0.112. The van der Waals surface area contributed by atoms with Crippen LogP contribution in [-0.4, -0.2) is 30.3 Å². The zero-order valence-corrected chi connectivity index (χ0v) is 19.7. The normalized spacial score (nSPS) is 11.0. The van der Waals surface area contributed by atoms with Gasteiger partial charge in [-0.1, -0.05) is 62.6 Å². The van der Waals surface area contributed by atoms with E-state index in [2.05, 4.69) is 24.2 Å². The minimum Gasteiger partial charge on any atom is -0.407 e. The number of ether oxygens (including phenoxy) is 1. The Bertz CT molecular complexity index is 1060. The molecule has 8 nitrogen and oxygen atoms in total. The first-order valence-electron chi connectivity index (χ1n) is 10.3. The van der Waals surface area contributed by atoms with Crippen molar-refractivity contribution in [2.45, 2.75) is 33.6 Å². The van der Waals surface area contributed by atoms with Crippen molar-refractivity contribution in [2.24, 2.45) is 10.7 Å². The van der Waals surface area contributed by atoms with E-state index in [0.29, 0.717) is 22.5 Å². The average Bonchev–Trinajstić information content (AvgIpc) is 2.81. The van der Waals surface area contributed by atoms with Crippen molar-refractivity contribution < 1.29 is 9.53 Å². The van der Waals surface area contributed by atoms with Crippen LogP contribution < -0.4 is 11.1 Å². The molecule has 2 aromatic rings. The summed E-state index contributed by atoms with van der Waals surface area (Å²) in [7, 11) is 0. The summed E-state index contributed by atoms with van der Waals surface area (Å²) >= 11 is 6.14. The van der Waals surface area contributed by atoms with Gasteiger partial charge in [0.25, 0.3) is 11.9 Å². The fraction of sp³-hybridized carbons (Fsp3) is 0.208. The lowest BCUT2D eigenvalue weighted by atomic mass is 10.2. The van der Waals surface area contributed by atoms with Gasteiger partial charge in [-0.2, -0.15) is 4.99 Å². The van der Waals surface area contributed by atoms with Gasteiger partial charge in [0, 0.05) is 29.2 Å². The maximum atomic E-state index is 12.0. The molecule has 9 heteroatoms. The SMILES string of the molecule is C/C=C(\C=N)C(=O)Nc1cccc(C(=N)OC(N)=Nc2cccc(C=N)c2Cl)c1.CCCC. The summed E-state index contributed by atoms with van der Waals surface area (Å²) in [5, 5.41) is 25.5. The molecule has 0 aliphatic rings. The number of hydrogen-bond donors (Lipinski definition) is 5. The summed E-state index contributed by atoms with van der Waals surface area (Å²) in [6.07, 6.45) is 6.21. The fourth-order valence-electron chi connectivity index (χ4n) is 2.26. The number of anilines is 1. The molecule has 0 aromatic heterocycles. The fourth-order valence-corrected chi connectivity index (χ4v) is 2.48. The van der Waals surface area contributed by atoms with Crippen molar-refractivity contribution in [3.05, 3.63) is 70.3 Å². The van der Waals surface area contributed by atoms with Crippen LogP contribution in [0.2, 0.25) is 5.02 Å². The van der Waals surface area contributed by atoms with Gasteiger partial charge in [-0.15, -0.1) is 0 Å². The van der Waals surface area contributed by atoms with Crippen LogP contribution in [0.15, 0.2) is 59.1 Å². The highest BCUT2D eigenvalue weighted by atomic mass is 35.5. The maximum absolute atomic E-state index is 12.0. The number of carbonyl (C=O) groups is 1. The summed E-state index contributed by atoms with van der Waals surface area (Å²) in [5.74, 6) is -0.714. The van der Waals surface area contributed by atoms with E-state index in [1.54, 1.807) is 43.3 Å². The summed E-state index contributed by atoms with van der Waals surface area (Å²) in [6.45, 7) is 6.02. The number of rotatable bonds is 7. The summed E-state index contributed by atoms with van der Waals surface area (Å²) in [6, 6.07) is 11.1. The number of benzene rings is 2. The van der Waals surface area contributed by atoms with E-state index in [0.717, 1.165) is 12.4 Å². The summed E-state index contributed by atoms with van der Waals surface area (Å²) in [5.41, 5.74) is 7.55. The Morgan fingerprint density at radius 2 is 1.85 bits per heavy atom. The molecule has 0 fully saturated rings. The highest BCUT2D eigenvalue weighted by Crippen LogP contribution is 2.27. The Hall–Kier alpha value is -3.78. The first-order chi connectivity index (χ1) is 15.8. The van der Waals surface area contributed by atoms with Crippen LogP contribution in [0.1, 0.15) is 44.7 Å². The van der Waals surface area contributed by atoms with E-state index in [9.17, 15) is 4.79 Å². The van der Waals surface area contributed by atoms with E-state index >= 15 is 0 Å². The number of nitrogens with two attached hydrogens (primary N) is 1. The standard InChI is InChI=1S/C20H19ClN6O2.C4H10/c1-2-12(10-22)19(28)26-15-7-3-5-13(9-15)18(24)29-20(25)27-16-8-4-6-14(11-23)17(16)21;1-3-4-2/h2-11,22-24H,1H3,(H2,25,27)(H,26,28);3-4H2,1-2H3/b12-2+,22-10?,23-11?,24-18?;. The van der Waals surface area contributed by atoms with E-state index in [1.807, 2.05) is 0 Å². The lowest BCUT2D eigenvalue weighted by Crippen LogP contribution is -2.21. The third-order valence-electron chi connectivity index (χ3n) is 4.21. The Morgan fingerprint density at radius 1 is 1.18 bits per heavy atom. The van der Waals surface area contributed by atoms with E-state index in [4.69, 9.17) is 38.3 Å². The molecule has 0 unspecified atom stereocenters. The number of nitrogens with zero attached hydrogens (tertiary/aromatic N) is 1. The zero-order valence-electron chi connectivity index (χ0n) is 18.9. The third kappa shape index (κ3) is 8.70. The Balaban J connectivity index is 0.00000125. The predicted octanol–water partition coefficient (Wildman–Crippen LogP) is 5.67. The van der Waals surface area contributed by atoms with Crippen LogP contribution in [-0.2, 0) is 9.53 Å². The molecule has 0 saturated heterocycles.